The van der Waals surface area contributed by atoms with Crippen molar-refractivity contribution in [2.75, 3.05) is 19.6 Å². The van der Waals surface area contributed by atoms with Crippen molar-refractivity contribution >= 4 is 0 Å². The lowest BCUT2D eigenvalue weighted by Crippen LogP contribution is -2.58. The maximum Gasteiger partial charge on any atom is 0.0223 e. The molecule has 0 amide bonds. The van der Waals surface area contributed by atoms with Gasteiger partial charge in [0.25, 0.3) is 0 Å². The van der Waals surface area contributed by atoms with E-state index in [2.05, 4.69) is 44.8 Å². The standard InChI is InChI=1S/C14H30N2/c1-6-7-16-10-14(12(4)5)15-9-13(16)8-11(2)3/h11-15H,6-10H2,1-5H3. The molecule has 1 saturated heterocycles. The van der Waals surface area contributed by atoms with Gasteiger partial charge >= 0.3 is 0 Å². The molecule has 0 radical (unpaired) electrons. The molecule has 2 heteroatoms. The molecule has 0 spiro atoms. The molecule has 1 aliphatic rings. The predicted molar refractivity (Wildman–Crippen MR) is 71.7 cm³/mol. The fraction of sp³-hybridized carbons (Fsp3) is 1.00. The first-order valence-electron chi connectivity index (χ1n) is 7.02. The summed E-state index contributed by atoms with van der Waals surface area (Å²) in [7, 11) is 0. The average Bonchev–Trinajstić information content (AvgIpc) is 2.20. The van der Waals surface area contributed by atoms with Gasteiger partial charge in [0, 0.05) is 25.2 Å². The molecule has 0 bridgehead atoms. The van der Waals surface area contributed by atoms with Crippen molar-refractivity contribution < 1.29 is 0 Å². The minimum Gasteiger partial charge on any atom is -0.311 e. The number of piperazine rings is 1. The van der Waals surface area contributed by atoms with Gasteiger partial charge in [0.2, 0.25) is 0 Å². The van der Waals surface area contributed by atoms with Crippen LogP contribution in [0.15, 0.2) is 0 Å². The Balaban J connectivity index is 2.52. The van der Waals surface area contributed by atoms with Crippen molar-refractivity contribution in [3.63, 3.8) is 0 Å². The van der Waals surface area contributed by atoms with E-state index in [4.69, 9.17) is 0 Å². The summed E-state index contributed by atoms with van der Waals surface area (Å²) in [4.78, 5) is 2.71. The number of hydrogen-bond acceptors (Lipinski definition) is 2. The van der Waals surface area contributed by atoms with E-state index in [1.165, 1.54) is 32.5 Å². The third-order valence-corrected chi connectivity index (χ3v) is 3.62. The zero-order valence-electron chi connectivity index (χ0n) is 11.8. The minimum absolute atomic E-state index is 0.690. The molecule has 0 aromatic rings. The van der Waals surface area contributed by atoms with E-state index < -0.39 is 0 Å². The Hall–Kier alpha value is -0.0800. The van der Waals surface area contributed by atoms with Gasteiger partial charge in [0.05, 0.1) is 0 Å². The van der Waals surface area contributed by atoms with Crippen LogP contribution in [0.4, 0.5) is 0 Å². The Bertz CT molecular complexity index is 189. The number of hydrogen-bond donors (Lipinski definition) is 1. The first-order chi connectivity index (χ1) is 7.54. The Morgan fingerprint density at radius 1 is 1.25 bits per heavy atom. The summed E-state index contributed by atoms with van der Waals surface area (Å²) in [6.45, 7) is 15.3. The minimum atomic E-state index is 0.690. The van der Waals surface area contributed by atoms with E-state index in [-0.39, 0.29) is 0 Å². The first-order valence-corrected chi connectivity index (χ1v) is 7.02. The Morgan fingerprint density at radius 2 is 1.94 bits per heavy atom. The largest absolute Gasteiger partial charge is 0.311 e. The number of rotatable bonds is 5. The molecule has 1 rings (SSSR count). The van der Waals surface area contributed by atoms with Crippen molar-refractivity contribution in [3.05, 3.63) is 0 Å². The third-order valence-electron chi connectivity index (χ3n) is 3.62. The van der Waals surface area contributed by atoms with E-state index in [9.17, 15) is 0 Å². The van der Waals surface area contributed by atoms with E-state index in [1.54, 1.807) is 0 Å². The second kappa shape index (κ2) is 6.61. The van der Waals surface area contributed by atoms with Gasteiger partial charge in [-0.05, 0) is 31.2 Å². The molecular weight excluding hydrogens is 196 g/mol. The molecule has 1 heterocycles. The monoisotopic (exact) mass is 226 g/mol. The van der Waals surface area contributed by atoms with Crippen LogP contribution in [-0.4, -0.2) is 36.6 Å². The highest BCUT2D eigenvalue weighted by Gasteiger charge is 2.28. The van der Waals surface area contributed by atoms with Crippen molar-refractivity contribution in [1.82, 2.24) is 10.2 Å². The molecule has 0 saturated carbocycles. The molecule has 0 aromatic carbocycles. The maximum atomic E-state index is 3.72. The van der Waals surface area contributed by atoms with Crippen LogP contribution in [0.1, 0.15) is 47.5 Å². The Morgan fingerprint density at radius 3 is 2.44 bits per heavy atom. The molecular formula is C14H30N2. The van der Waals surface area contributed by atoms with Crippen molar-refractivity contribution in [2.45, 2.75) is 59.5 Å². The number of nitrogens with zero attached hydrogens (tertiary/aromatic N) is 1. The lowest BCUT2D eigenvalue weighted by Gasteiger charge is -2.42. The fourth-order valence-electron chi connectivity index (χ4n) is 2.67. The summed E-state index contributed by atoms with van der Waals surface area (Å²) in [5.74, 6) is 1.56. The maximum absolute atomic E-state index is 3.72. The average molecular weight is 226 g/mol. The molecule has 2 nitrogen and oxygen atoms in total. The van der Waals surface area contributed by atoms with Crippen LogP contribution in [0, 0.1) is 11.8 Å². The van der Waals surface area contributed by atoms with Crippen LogP contribution in [0.25, 0.3) is 0 Å². The summed E-state index contributed by atoms with van der Waals surface area (Å²) in [6.07, 6.45) is 2.61. The van der Waals surface area contributed by atoms with Gasteiger partial charge in [0.1, 0.15) is 0 Å². The summed E-state index contributed by atoms with van der Waals surface area (Å²) >= 11 is 0. The zero-order chi connectivity index (χ0) is 12.1. The van der Waals surface area contributed by atoms with Gasteiger partial charge in [-0.1, -0.05) is 34.6 Å². The SMILES string of the molecule is CCCN1CC(C(C)C)NCC1CC(C)C. The number of nitrogens with one attached hydrogen (secondary N) is 1. The highest BCUT2D eigenvalue weighted by molar-refractivity contribution is 4.87. The topological polar surface area (TPSA) is 15.3 Å². The van der Waals surface area contributed by atoms with E-state index in [1.807, 2.05) is 0 Å². The predicted octanol–water partition coefficient (Wildman–Crippen LogP) is 2.74. The van der Waals surface area contributed by atoms with Gasteiger partial charge < -0.3 is 5.32 Å². The lowest BCUT2D eigenvalue weighted by atomic mass is 9.95. The second-order valence-corrected chi connectivity index (χ2v) is 6.04. The van der Waals surface area contributed by atoms with Crippen molar-refractivity contribution in [1.29, 1.82) is 0 Å². The van der Waals surface area contributed by atoms with Gasteiger partial charge in [-0.25, -0.2) is 0 Å². The van der Waals surface area contributed by atoms with Crippen LogP contribution in [-0.2, 0) is 0 Å². The summed E-state index contributed by atoms with van der Waals surface area (Å²) in [5.41, 5.74) is 0. The first kappa shape index (κ1) is 14.0. The molecule has 1 N–H and O–H groups in total. The summed E-state index contributed by atoms with van der Waals surface area (Å²) in [6, 6.07) is 1.45. The van der Waals surface area contributed by atoms with Gasteiger partial charge in [-0.15, -0.1) is 0 Å². The van der Waals surface area contributed by atoms with Gasteiger partial charge in [-0.2, -0.15) is 0 Å². The molecule has 0 aliphatic carbocycles. The molecule has 2 unspecified atom stereocenters. The van der Waals surface area contributed by atoms with Crippen LogP contribution in [0.2, 0.25) is 0 Å². The van der Waals surface area contributed by atoms with Crippen LogP contribution < -0.4 is 5.32 Å². The van der Waals surface area contributed by atoms with Gasteiger partial charge in [-0.3, -0.25) is 4.90 Å². The summed E-state index contributed by atoms with van der Waals surface area (Å²) in [5, 5.41) is 3.72. The molecule has 16 heavy (non-hydrogen) atoms. The van der Waals surface area contributed by atoms with Crippen LogP contribution in [0.3, 0.4) is 0 Å². The van der Waals surface area contributed by atoms with Gasteiger partial charge in [0.15, 0.2) is 0 Å². The molecule has 96 valence electrons. The highest BCUT2D eigenvalue weighted by Crippen LogP contribution is 2.18. The van der Waals surface area contributed by atoms with E-state index in [0.29, 0.717) is 6.04 Å². The van der Waals surface area contributed by atoms with Crippen molar-refractivity contribution in [3.8, 4) is 0 Å². The third kappa shape index (κ3) is 4.06. The van der Waals surface area contributed by atoms with E-state index in [0.717, 1.165) is 17.9 Å². The van der Waals surface area contributed by atoms with Crippen LogP contribution >= 0.6 is 0 Å². The molecule has 1 fully saturated rings. The summed E-state index contributed by atoms with van der Waals surface area (Å²) < 4.78 is 0. The highest BCUT2D eigenvalue weighted by atomic mass is 15.2. The van der Waals surface area contributed by atoms with E-state index >= 15 is 0 Å². The normalized spacial score (nSPS) is 27.9. The smallest absolute Gasteiger partial charge is 0.0223 e. The Labute approximate surface area is 102 Å². The van der Waals surface area contributed by atoms with Crippen LogP contribution in [0.5, 0.6) is 0 Å². The molecule has 0 aromatic heterocycles. The van der Waals surface area contributed by atoms with Crippen molar-refractivity contribution in [2.24, 2.45) is 11.8 Å². The quantitative estimate of drug-likeness (QED) is 0.775. The fourth-order valence-corrected chi connectivity index (χ4v) is 2.67. The lowest BCUT2D eigenvalue weighted by molar-refractivity contribution is 0.0995. The zero-order valence-corrected chi connectivity index (χ0v) is 11.8. The second-order valence-electron chi connectivity index (χ2n) is 6.04. The molecule has 1 aliphatic heterocycles. The Kier molecular flexibility index (Phi) is 5.77. The molecule has 2 atom stereocenters.